The molecule has 3 rings (SSSR count). The highest BCUT2D eigenvalue weighted by molar-refractivity contribution is 6.35. The fourth-order valence-electron chi connectivity index (χ4n) is 2.50. The van der Waals surface area contributed by atoms with Gasteiger partial charge in [0, 0.05) is 28.3 Å². The monoisotopic (exact) mass is 384 g/mol. The van der Waals surface area contributed by atoms with Crippen LogP contribution in [0.3, 0.4) is 0 Å². The van der Waals surface area contributed by atoms with Gasteiger partial charge in [0.2, 0.25) is 0 Å². The number of nitrogens with zero attached hydrogens (tertiary/aromatic N) is 3. The molecule has 0 unspecified atom stereocenters. The van der Waals surface area contributed by atoms with Gasteiger partial charge >= 0.3 is 0 Å². The van der Waals surface area contributed by atoms with E-state index >= 15 is 0 Å². The van der Waals surface area contributed by atoms with Crippen molar-refractivity contribution in [3.05, 3.63) is 74.3 Å². The lowest BCUT2D eigenvalue weighted by Gasteiger charge is -2.11. The van der Waals surface area contributed by atoms with E-state index in [9.17, 15) is 15.4 Å². The van der Waals surface area contributed by atoms with Crippen LogP contribution in [-0.4, -0.2) is 9.91 Å². The number of nitro benzene ring substituents is 1. The molecule has 0 aliphatic heterocycles. The molecule has 1 heterocycles. The minimum Gasteiger partial charge on any atom is -0.383 e. The molecule has 8 heteroatoms. The SMILES string of the molecule is N#Cc1c(-c2ccc([N+](=O)[O-])cc2)cc(-c2cc(Cl)ccc2Cl)nc1N. The average molecular weight is 385 g/mol. The summed E-state index contributed by atoms with van der Waals surface area (Å²) in [4.78, 5) is 14.6. The second-order valence-corrected chi connectivity index (χ2v) is 6.20. The number of nitrogens with two attached hydrogens (primary N) is 1. The lowest BCUT2D eigenvalue weighted by molar-refractivity contribution is -0.384. The van der Waals surface area contributed by atoms with Crippen molar-refractivity contribution in [2.75, 3.05) is 5.73 Å². The first-order valence-electron chi connectivity index (χ1n) is 7.31. The van der Waals surface area contributed by atoms with E-state index in [-0.39, 0.29) is 17.1 Å². The molecule has 0 aliphatic carbocycles. The van der Waals surface area contributed by atoms with Crippen LogP contribution in [0, 0.1) is 21.4 Å². The highest BCUT2D eigenvalue weighted by Gasteiger charge is 2.16. The quantitative estimate of drug-likeness (QED) is 0.500. The second-order valence-electron chi connectivity index (χ2n) is 5.36. The van der Waals surface area contributed by atoms with Gasteiger partial charge in [0.1, 0.15) is 17.5 Å². The van der Waals surface area contributed by atoms with Gasteiger partial charge in [-0.1, -0.05) is 23.2 Å². The number of non-ortho nitro benzene ring substituents is 1. The number of aromatic nitrogens is 1. The number of anilines is 1. The Morgan fingerprint density at radius 2 is 1.77 bits per heavy atom. The van der Waals surface area contributed by atoms with Crippen LogP contribution in [-0.2, 0) is 0 Å². The summed E-state index contributed by atoms with van der Waals surface area (Å²) in [5.74, 6) is 0.0365. The Balaban J connectivity index is 2.21. The molecule has 0 bridgehead atoms. The summed E-state index contributed by atoms with van der Waals surface area (Å²) < 4.78 is 0. The number of nitro groups is 1. The zero-order valence-corrected chi connectivity index (χ0v) is 14.6. The van der Waals surface area contributed by atoms with Crippen LogP contribution in [0.5, 0.6) is 0 Å². The van der Waals surface area contributed by atoms with Crippen LogP contribution in [0.4, 0.5) is 11.5 Å². The summed E-state index contributed by atoms with van der Waals surface area (Å²) in [6, 6.07) is 14.5. The van der Waals surface area contributed by atoms with Crippen LogP contribution in [0.15, 0.2) is 48.5 Å². The van der Waals surface area contributed by atoms with Gasteiger partial charge in [-0.15, -0.1) is 0 Å². The third kappa shape index (κ3) is 3.31. The smallest absolute Gasteiger partial charge is 0.269 e. The van der Waals surface area contributed by atoms with Gasteiger partial charge in [-0.2, -0.15) is 5.26 Å². The van der Waals surface area contributed by atoms with Gasteiger partial charge in [0.15, 0.2) is 0 Å². The Hall–Kier alpha value is -3.14. The molecule has 0 aliphatic rings. The molecule has 0 radical (unpaired) electrons. The van der Waals surface area contributed by atoms with Gasteiger partial charge < -0.3 is 5.73 Å². The van der Waals surface area contributed by atoms with E-state index in [1.54, 1.807) is 36.4 Å². The van der Waals surface area contributed by atoms with E-state index in [0.717, 1.165) is 0 Å². The summed E-state index contributed by atoms with van der Waals surface area (Å²) in [6.45, 7) is 0. The zero-order valence-electron chi connectivity index (χ0n) is 13.1. The fourth-order valence-corrected chi connectivity index (χ4v) is 2.89. The van der Waals surface area contributed by atoms with Gasteiger partial charge in [-0.25, -0.2) is 4.98 Å². The topological polar surface area (TPSA) is 106 Å². The number of benzene rings is 2. The van der Waals surface area contributed by atoms with E-state index in [1.807, 2.05) is 6.07 Å². The van der Waals surface area contributed by atoms with Crippen molar-refractivity contribution in [1.29, 1.82) is 5.26 Å². The molecule has 0 saturated heterocycles. The first-order chi connectivity index (χ1) is 12.4. The summed E-state index contributed by atoms with van der Waals surface area (Å²) in [5.41, 5.74) is 8.20. The van der Waals surface area contributed by atoms with Gasteiger partial charge in [-0.05, 0) is 42.0 Å². The van der Waals surface area contributed by atoms with E-state index in [1.165, 1.54) is 12.1 Å². The summed E-state index contributed by atoms with van der Waals surface area (Å²) in [5, 5.41) is 21.2. The van der Waals surface area contributed by atoms with E-state index in [2.05, 4.69) is 4.98 Å². The number of nitriles is 1. The van der Waals surface area contributed by atoms with Crippen molar-refractivity contribution in [1.82, 2.24) is 4.98 Å². The van der Waals surface area contributed by atoms with Crippen molar-refractivity contribution in [2.24, 2.45) is 0 Å². The van der Waals surface area contributed by atoms with E-state index in [0.29, 0.717) is 32.4 Å². The van der Waals surface area contributed by atoms with Crippen molar-refractivity contribution in [2.45, 2.75) is 0 Å². The summed E-state index contributed by atoms with van der Waals surface area (Å²) in [6.07, 6.45) is 0. The van der Waals surface area contributed by atoms with Crippen molar-refractivity contribution >= 4 is 34.7 Å². The highest BCUT2D eigenvalue weighted by Crippen LogP contribution is 2.35. The zero-order chi connectivity index (χ0) is 18.8. The first kappa shape index (κ1) is 17.7. The minimum absolute atomic E-state index is 0.0365. The summed E-state index contributed by atoms with van der Waals surface area (Å²) >= 11 is 12.3. The maximum absolute atomic E-state index is 10.8. The highest BCUT2D eigenvalue weighted by atomic mass is 35.5. The van der Waals surface area contributed by atoms with Crippen molar-refractivity contribution in [3.8, 4) is 28.5 Å². The van der Waals surface area contributed by atoms with Crippen molar-refractivity contribution < 1.29 is 4.92 Å². The standard InChI is InChI=1S/C18H10Cl2N4O2/c19-11-3-6-16(20)14(7-11)17-8-13(15(9-21)18(22)23-17)10-1-4-12(5-2-10)24(25)26/h1-8H,(H2,22,23). The average Bonchev–Trinajstić information content (AvgIpc) is 2.63. The lowest BCUT2D eigenvalue weighted by Crippen LogP contribution is -2.00. The molecule has 0 saturated carbocycles. The number of halogens is 2. The number of pyridine rings is 1. The lowest BCUT2D eigenvalue weighted by atomic mass is 9.98. The molecule has 2 aromatic carbocycles. The predicted molar refractivity (Wildman–Crippen MR) is 101 cm³/mol. The molecular formula is C18H10Cl2N4O2. The van der Waals surface area contributed by atoms with Crippen molar-refractivity contribution in [3.63, 3.8) is 0 Å². The number of rotatable bonds is 3. The molecule has 26 heavy (non-hydrogen) atoms. The van der Waals surface area contributed by atoms with Crippen LogP contribution < -0.4 is 5.73 Å². The number of hydrogen-bond acceptors (Lipinski definition) is 5. The van der Waals surface area contributed by atoms with Crippen LogP contribution >= 0.6 is 23.2 Å². The fraction of sp³-hybridized carbons (Fsp3) is 0. The Labute approximate surface area is 158 Å². The molecule has 0 atom stereocenters. The molecule has 0 spiro atoms. The maximum Gasteiger partial charge on any atom is 0.269 e. The molecule has 0 amide bonds. The first-order valence-corrected chi connectivity index (χ1v) is 8.07. The Morgan fingerprint density at radius 3 is 2.38 bits per heavy atom. The molecule has 3 aromatic rings. The normalized spacial score (nSPS) is 10.3. The predicted octanol–water partition coefficient (Wildman–Crippen LogP) is 5.08. The molecule has 2 N–H and O–H groups in total. The summed E-state index contributed by atoms with van der Waals surface area (Å²) in [7, 11) is 0. The van der Waals surface area contributed by atoms with Crippen LogP contribution in [0.2, 0.25) is 10.0 Å². The van der Waals surface area contributed by atoms with E-state index < -0.39 is 4.92 Å². The van der Waals surface area contributed by atoms with Gasteiger partial charge in [0.25, 0.3) is 5.69 Å². The van der Waals surface area contributed by atoms with Crippen LogP contribution in [0.1, 0.15) is 5.56 Å². The largest absolute Gasteiger partial charge is 0.383 e. The molecule has 0 fully saturated rings. The second kappa shape index (κ2) is 7.00. The van der Waals surface area contributed by atoms with Gasteiger partial charge in [0.05, 0.1) is 15.6 Å². The molecule has 1 aromatic heterocycles. The Kier molecular flexibility index (Phi) is 4.76. The third-order valence-electron chi connectivity index (χ3n) is 3.75. The minimum atomic E-state index is -0.493. The molecule has 128 valence electrons. The van der Waals surface area contributed by atoms with Crippen LogP contribution in [0.25, 0.3) is 22.4 Å². The molecule has 6 nitrogen and oxygen atoms in total. The number of nitrogen functional groups attached to an aromatic ring is 1. The maximum atomic E-state index is 10.8. The number of hydrogen-bond donors (Lipinski definition) is 1. The Morgan fingerprint density at radius 1 is 1.08 bits per heavy atom. The van der Waals surface area contributed by atoms with Gasteiger partial charge in [-0.3, -0.25) is 10.1 Å². The Bertz CT molecular complexity index is 1060. The molecular weight excluding hydrogens is 375 g/mol. The third-order valence-corrected chi connectivity index (χ3v) is 4.32. The van der Waals surface area contributed by atoms with E-state index in [4.69, 9.17) is 28.9 Å².